The zero-order chi connectivity index (χ0) is 19.2. The van der Waals surface area contributed by atoms with E-state index in [1.165, 1.54) is 18.2 Å². The Balaban J connectivity index is 1.79. The summed E-state index contributed by atoms with van der Waals surface area (Å²) in [5.74, 6) is -0.724. The molecule has 0 aliphatic rings. The molecule has 0 radical (unpaired) electrons. The zero-order valence-electron chi connectivity index (χ0n) is 13.8. The van der Waals surface area contributed by atoms with Gasteiger partial charge in [0, 0.05) is 35.9 Å². The van der Waals surface area contributed by atoms with Crippen LogP contribution in [0.5, 0.6) is 0 Å². The summed E-state index contributed by atoms with van der Waals surface area (Å²) in [5, 5.41) is 17.9. The van der Waals surface area contributed by atoms with E-state index < -0.39 is 10.9 Å². The van der Waals surface area contributed by atoms with Crippen molar-refractivity contribution in [3.63, 3.8) is 0 Å². The summed E-state index contributed by atoms with van der Waals surface area (Å²) >= 11 is 6.86. The van der Waals surface area contributed by atoms with Crippen LogP contribution in [0.3, 0.4) is 0 Å². The van der Waals surface area contributed by atoms with Gasteiger partial charge >= 0.3 is 5.97 Å². The molecule has 8 nitrogen and oxygen atoms in total. The smallest absolute Gasteiger partial charge is 0.340 e. The van der Waals surface area contributed by atoms with Gasteiger partial charge in [0.1, 0.15) is 16.6 Å². The van der Waals surface area contributed by atoms with Crippen molar-refractivity contribution in [1.29, 1.82) is 0 Å². The van der Waals surface area contributed by atoms with Gasteiger partial charge in [0.15, 0.2) is 0 Å². The monoisotopic (exact) mass is 404 g/mol. The summed E-state index contributed by atoms with van der Waals surface area (Å²) in [6.45, 7) is 0.274. The van der Waals surface area contributed by atoms with E-state index in [4.69, 9.17) is 16.3 Å². The number of halogens is 1. The Morgan fingerprint density at radius 2 is 2.04 bits per heavy atom. The highest BCUT2D eigenvalue weighted by Crippen LogP contribution is 2.25. The maximum atomic E-state index is 12.5. The van der Waals surface area contributed by atoms with Gasteiger partial charge in [-0.15, -0.1) is 5.10 Å². The van der Waals surface area contributed by atoms with Crippen molar-refractivity contribution in [2.75, 3.05) is 5.32 Å². The third-order valence-electron chi connectivity index (χ3n) is 3.61. The molecule has 0 bridgehead atoms. The Labute approximate surface area is 163 Å². The van der Waals surface area contributed by atoms with Crippen molar-refractivity contribution < 1.29 is 14.5 Å². The number of ether oxygens (including phenoxy) is 1. The fourth-order valence-corrected chi connectivity index (χ4v) is 2.86. The molecule has 1 aromatic heterocycles. The third kappa shape index (κ3) is 4.78. The highest BCUT2D eigenvalue weighted by molar-refractivity contribution is 7.10. The molecule has 3 rings (SSSR count). The first-order valence-corrected chi connectivity index (χ1v) is 8.90. The number of hydrogen-bond acceptors (Lipinski definition) is 8. The summed E-state index contributed by atoms with van der Waals surface area (Å²) in [7, 11) is 0. The van der Waals surface area contributed by atoms with Gasteiger partial charge in [0.05, 0.1) is 10.5 Å². The standard InChI is InChI=1S/C17H13ClN4O4S/c18-16-15(20-21-27-16)10-26-17(23)13-8-12(22(24)25)6-7-14(13)19-9-11-4-2-1-3-5-11/h1-8,19H,9-10H2. The Morgan fingerprint density at radius 3 is 2.70 bits per heavy atom. The lowest BCUT2D eigenvalue weighted by Crippen LogP contribution is -2.11. The summed E-state index contributed by atoms with van der Waals surface area (Å²) in [6, 6.07) is 13.5. The van der Waals surface area contributed by atoms with E-state index in [-0.39, 0.29) is 17.9 Å². The van der Waals surface area contributed by atoms with E-state index >= 15 is 0 Å². The van der Waals surface area contributed by atoms with Crippen LogP contribution in [0.4, 0.5) is 11.4 Å². The van der Waals surface area contributed by atoms with Gasteiger partial charge in [-0.05, 0) is 11.6 Å². The van der Waals surface area contributed by atoms with Crippen molar-refractivity contribution in [3.05, 3.63) is 79.8 Å². The van der Waals surface area contributed by atoms with E-state index in [2.05, 4.69) is 14.9 Å². The quantitative estimate of drug-likeness (QED) is 0.359. The predicted octanol–water partition coefficient (Wildman–Crippen LogP) is 4.07. The van der Waals surface area contributed by atoms with Gasteiger partial charge in [-0.3, -0.25) is 10.1 Å². The number of hydrogen-bond donors (Lipinski definition) is 1. The second-order valence-corrected chi connectivity index (χ2v) is 6.75. The SMILES string of the molecule is O=C(OCc1nnsc1Cl)c1cc([N+](=O)[O-])ccc1NCc1ccccc1. The second-order valence-electron chi connectivity index (χ2n) is 5.40. The van der Waals surface area contributed by atoms with Crippen LogP contribution in [0.1, 0.15) is 21.6 Å². The van der Waals surface area contributed by atoms with E-state index in [0.717, 1.165) is 17.1 Å². The van der Waals surface area contributed by atoms with Crippen LogP contribution < -0.4 is 5.32 Å². The van der Waals surface area contributed by atoms with Crippen molar-refractivity contribution in [1.82, 2.24) is 9.59 Å². The van der Waals surface area contributed by atoms with Crippen LogP contribution >= 0.6 is 23.1 Å². The normalized spacial score (nSPS) is 10.4. The summed E-state index contributed by atoms with van der Waals surface area (Å²) < 4.78 is 9.18. The van der Waals surface area contributed by atoms with Gasteiger partial charge in [0.25, 0.3) is 5.69 Å². The van der Waals surface area contributed by atoms with Gasteiger partial charge in [-0.1, -0.05) is 46.4 Å². The van der Waals surface area contributed by atoms with Gasteiger partial charge in [-0.2, -0.15) is 0 Å². The molecule has 1 N–H and O–H groups in total. The van der Waals surface area contributed by atoms with Crippen molar-refractivity contribution in [2.24, 2.45) is 0 Å². The minimum Gasteiger partial charge on any atom is -0.455 e. The number of non-ortho nitro benzene ring substituents is 1. The fraction of sp³-hybridized carbons (Fsp3) is 0.118. The molecule has 2 aromatic carbocycles. The summed E-state index contributed by atoms with van der Waals surface area (Å²) in [5.41, 5.74) is 1.60. The molecule has 0 unspecified atom stereocenters. The molecule has 0 saturated carbocycles. The van der Waals surface area contributed by atoms with Gasteiger partial charge in [0.2, 0.25) is 0 Å². The minimum atomic E-state index is -0.724. The number of esters is 1. The lowest BCUT2D eigenvalue weighted by Gasteiger charge is -2.12. The molecule has 0 spiro atoms. The second kappa shape index (κ2) is 8.56. The number of aromatic nitrogens is 2. The van der Waals surface area contributed by atoms with Crippen LogP contribution in [0, 0.1) is 10.1 Å². The summed E-state index contributed by atoms with van der Waals surface area (Å²) in [6.07, 6.45) is 0. The lowest BCUT2D eigenvalue weighted by molar-refractivity contribution is -0.384. The van der Waals surface area contributed by atoms with Crippen molar-refractivity contribution in [2.45, 2.75) is 13.2 Å². The zero-order valence-corrected chi connectivity index (χ0v) is 15.4. The van der Waals surface area contributed by atoms with Gasteiger partial charge in [-0.25, -0.2) is 4.79 Å². The van der Waals surface area contributed by atoms with Crippen molar-refractivity contribution in [3.8, 4) is 0 Å². The molecule has 1 heterocycles. The van der Waals surface area contributed by atoms with E-state index in [9.17, 15) is 14.9 Å². The van der Waals surface area contributed by atoms with Crippen LogP contribution in [0.25, 0.3) is 0 Å². The Kier molecular flexibility index (Phi) is 5.94. The molecule has 0 fully saturated rings. The molecule has 0 saturated heterocycles. The largest absolute Gasteiger partial charge is 0.455 e. The number of anilines is 1. The minimum absolute atomic E-state index is 0.0550. The molecular weight excluding hydrogens is 392 g/mol. The Morgan fingerprint density at radius 1 is 1.26 bits per heavy atom. The number of benzene rings is 2. The molecular formula is C17H13ClN4O4S. The van der Waals surface area contributed by atoms with Crippen LogP contribution in [0.2, 0.25) is 4.34 Å². The Bertz CT molecular complexity index is 965. The fourth-order valence-electron chi connectivity index (χ4n) is 2.26. The van der Waals surface area contributed by atoms with Gasteiger partial charge < -0.3 is 10.1 Å². The molecule has 3 aromatic rings. The van der Waals surface area contributed by atoms with E-state index in [0.29, 0.717) is 22.3 Å². The first-order valence-electron chi connectivity index (χ1n) is 7.74. The van der Waals surface area contributed by atoms with E-state index in [1.54, 1.807) is 0 Å². The molecule has 0 aliphatic carbocycles. The molecule has 10 heteroatoms. The molecule has 0 amide bonds. The highest BCUT2D eigenvalue weighted by Gasteiger charge is 2.19. The van der Waals surface area contributed by atoms with Crippen LogP contribution in [-0.4, -0.2) is 20.5 Å². The lowest BCUT2D eigenvalue weighted by atomic mass is 10.1. The highest BCUT2D eigenvalue weighted by atomic mass is 35.5. The predicted molar refractivity (Wildman–Crippen MR) is 101 cm³/mol. The molecule has 0 aliphatic heterocycles. The molecule has 27 heavy (non-hydrogen) atoms. The average molecular weight is 405 g/mol. The number of carbonyl (C=O) groups is 1. The van der Waals surface area contributed by atoms with Crippen LogP contribution in [-0.2, 0) is 17.9 Å². The topological polar surface area (TPSA) is 107 Å². The maximum absolute atomic E-state index is 12.5. The number of nitrogens with one attached hydrogen (secondary N) is 1. The van der Waals surface area contributed by atoms with Crippen LogP contribution in [0.15, 0.2) is 48.5 Å². The first kappa shape index (κ1) is 18.7. The maximum Gasteiger partial charge on any atom is 0.340 e. The number of nitro benzene ring substituents is 1. The molecule has 0 atom stereocenters. The van der Waals surface area contributed by atoms with Crippen molar-refractivity contribution >= 4 is 40.5 Å². The number of nitrogens with zero attached hydrogens (tertiary/aromatic N) is 3. The molecule has 138 valence electrons. The number of rotatable bonds is 7. The number of nitro groups is 1. The third-order valence-corrected chi connectivity index (χ3v) is 4.59. The van der Waals surface area contributed by atoms with E-state index in [1.807, 2.05) is 30.3 Å². The summed E-state index contributed by atoms with van der Waals surface area (Å²) in [4.78, 5) is 23.0. The first-order chi connectivity index (χ1) is 13.0. The average Bonchev–Trinajstić information content (AvgIpc) is 3.10. The number of carbonyl (C=O) groups excluding carboxylic acids is 1. The Hall–Kier alpha value is -3.04.